The van der Waals surface area contributed by atoms with Crippen molar-refractivity contribution in [1.29, 1.82) is 0 Å². The Labute approximate surface area is 109 Å². The highest BCUT2D eigenvalue weighted by Gasteiger charge is 2.36. The molecule has 18 heavy (non-hydrogen) atoms. The summed E-state index contributed by atoms with van der Waals surface area (Å²) in [6, 6.07) is 2.96. The summed E-state index contributed by atoms with van der Waals surface area (Å²) in [7, 11) is -3.51. The molecule has 0 unspecified atom stereocenters. The molecule has 6 nitrogen and oxygen atoms in total. The van der Waals surface area contributed by atoms with Crippen molar-refractivity contribution in [2.24, 2.45) is 5.92 Å². The summed E-state index contributed by atoms with van der Waals surface area (Å²) in [4.78, 5) is 11.0. The van der Waals surface area contributed by atoms with Gasteiger partial charge in [0.25, 0.3) is 10.0 Å². The fourth-order valence-corrected chi connectivity index (χ4v) is 4.80. The Kier molecular flexibility index (Phi) is 3.71. The van der Waals surface area contributed by atoms with Gasteiger partial charge in [-0.15, -0.1) is 11.3 Å². The molecule has 0 amide bonds. The SMILES string of the molecule is O=C(O)Cc1ccc(S(=O)(=O)N2CC(CO)C2)s1. The standard InChI is InChI=1S/C10H13NO5S2/c12-6-7-4-11(5-7)18(15,16)10-2-1-8(17-10)3-9(13)14/h1-2,7,12H,3-6H2,(H,13,14). The predicted molar refractivity (Wildman–Crippen MR) is 65.0 cm³/mol. The Morgan fingerprint density at radius 1 is 1.44 bits per heavy atom. The molecule has 0 radical (unpaired) electrons. The second-order valence-electron chi connectivity index (χ2n) is 4.16. The number of hydrogen-bond acceptors (Lipinski definition) is 5. The van der Waals surface area contributed by atoms with Gasteiger partial charge in [-0.1, -0.05) is 0 Å². The smallest absolute Gasteiger partial charge is 0.308 e. The van der Waals surface area contributed by atoms with Crippen LogP contribution in [0.1, 0.15) is 4.88 Å². The third kappa shape index (κ3) is 2.56. The molecule has 1 aromatic heterocycles. The Morgan fingerprint density at radius 2 is 2.11 bits per heavy atom. The lowest BCUT2D eigenvalue weighted by Crippen LogP contribution is -2.50. The van der Waals surface area contributed by atoms with E-state index < -0.39 is 16.0 Å². The summed E-state index contributed by atoms with van der Waals surface area (Å²) < 4.78 is 25.6. The number of nitrogens with zero attached hydrogens (tertiary/aromatic N) is 1. The van der Waals surface area contributed by atoms with Crippen molar-refractivity contribution in [3.8, 4) is 0 Å². The van der Waals surface area contributed by atoms with Crippen LogP contribution in [0, 0.1) is 5.92 Å². The lowest BCUT2D eigenvalue weighted by atomic mass is 10.1. The summed E-state index contributed by atoms with van der Waals surface area (Å²) in [5, 5.41) is 17.5. The van der Waals surface area contributed by atoms with E-state index in [2.05, 4.69) is 0 Å². The van der Waals surface area contributed by atoms with Gasteiger partial charge in [-0.05, 0) is 12.1 Å². The zero-order valence-corrected chi connectivity index (χ0v) is 11.1. The summed E-state index contributed by atoms with van der Waals surface area (Å²) in [6.45, 7) is 0.636. The number of aliphatic hydroxyl groups excluding tert-OH is 1. The molecule has 8 heteroatoms. The van der Waals surface area contributed by atoms with Crippen molar-refractivity contribution >= 4 is 27.3 Å². The van der Waals surface area contributed by atoms with Crippen LogP contribution in [0.15, 0.2) is 16.3 Å². The molecule has 2 N–H and O–H groups in total. The highest BCUT2D eigenvalue weighted by Crippen LogP contribution is 2.29. The molecule has 1 saturated heterocycles. The van der Waals surface area contributed by atoms with Crippen molar-refractivity contribution in [2.75, 3.05) is 19.7 Å². The first-order valence-corrected chi connectivity index (χ1v) is 7.60. The van der Waals surface area contributed by atoms with Gasteiger partial charge in [-0.25, -0.2) is 8.42 Å². The van der Waals surface area contributed by atoms with E-state index in [1.165, 1.54) is 16.4 Å². The molecule has 1 aliphatic rings. The van der Waals surface area contributed by atoms with Gasteiger partial charge in [0.05, 0.1) is 6.42 Å². The maximum atomic E-state index is 12.1. The van der Waals surface area contributed by atoms with Crippen LogP contribution in [0.2, 0.25) is 0 Å². The first-order chi connectivity index (χ1) is 8.43. The maximum absolute atomic E-state index is 12.1. The van der Waals surface area contributed by atoms with E-state index in [1.807, 2.05) is 0 Å². The number of hydrogen-bond donors (Lipinski definition) is 2. The predicted octanol–water partition coefficient (Wildman–Crippen LogP) is -0.0120. The molecule has 100 valence electrons. The number of carboxylic acids is 1. The van der Waals surface area contributed by atoms with Crippen LogP contribution in [0.25, 0.3) is 0 Å². The summed E-state index contributed by atoms with van der Waals surface area (Å²) in [6.07, 6.45) is -0.167. The molecule has 0 aromatic carbocycles. The fourth-order valence-electron chi connectivity index (χ4n) is 1.70. The largest absolute Gasteiger partial charge is 0.481 e. The van der Waals surface area contributed by atoms with Gasteiger partial charge < -0.3 is 10.2 Å². The number of aliphatic carboxylic acids is 1. The minimum absolute atomic E-state index is 0.0122. The second kappa shape index (κ2) is 4.96. The Balaban J connectivity index is 2.11. The van der Waals surface area contributed by atoms with Crippen molar-refractivity contribution in [3.63, 3.8) is 0 Å². The van der Waals surface area contributed by atoms with Crippen LogP contribution in [-0.4, -0.2) is 48.6 Å². The normalized spacial score (nSPS) is 17.6. The third-order valence-corrected chi connectivity index (χ3v) is 6.12. The Bertz CT molecular complexity index is 544. The number of rotatable bonds is 5. The topological polar surface area (TPSA) is 94.9 Å². The monoisotopic (exact) mass is 291 g/mol. The average Bonchev–Trinajstić information content (AvgIpc) is 2.63. The van der Waals surface area contributed by atoms with Gasteiger partial charge in [0, 0.05) is 30.5 Å². The molecular weight excluding hydrogens is 278 g/mol. The third-order valence-electron chi connectivity index (χ3n) is 2.74. The van der Waals surface area contributed by atoms with Crippen molar-refractivity contribution in [3.05, 3.63) is 17.0 Å². The Morgan fingerprint density at radius 3 is 2.67 bits per heavy atom. The molecule has 2 heterocycles. The first-order valence-electron chi connectivity index (χ1n) is 5.35. The van der Waals surface area contributed by atoms with E-state index in [1.54, 1.807) is 0 Å². The minimum atomic E-state index is -3.51. The summed E-state index contributed by atoms with van der Waals surface area (Å²) in [5.41, 5.74) is 0. The average molecular weight is 291 g/mol. The number of thiophene rings is 1. The molecule has 0 aliphatic carbocycles. The zero-order chi connectivity index (χ0) is 13.3. The van der Waals surface area contributed by atoms with E-state index in [0.29, 0.717) is 18.0 Å². The quantitative estimate of drug-likeness (QED) is 0.795. The molecule has 1 aromatic rings. The number of carboxylic acid groups (broad SMARTS) is 1. The van der Waals surface area contributed by atoms with Crippen LogP contribution in [0.4, 0.5) is 0 Å². The van der Waals surface area contributed by atoms with Crippen molar-refractivity contribution in [1.82, 2.24) is 4.31 Å². The van der Waals surface area contributed by atoms with Crippen LogP contribution in [0.3, 0.4) is 0 Å². The lowest BCUT2D eigenvalue weighted by molar-refractivity contribution is -0.136. The molecule has 0 spiro atoms. The number of sulfonamides is 1. The summed E-state index contributed by atoms with van der Waals surface area (Å²) in [5.74, 6) is -0.969. The van der Waals surface area contributed by atoms with E-state index in [-0.39, 0.29) is 23.2 Å². The molecule has 1 aliphatic heterocycles. The van der Waals surface area contributed by atoms with Crippen LogP contribution in [-0.2, 0) is 21.2 Å². The van der Waals surface area contributed by atoms with Gasteiger partial charge >= 0.3 is 5.97 Å². The van der Waals surface area contributed by atoms with Gasteiger partial charge in [0.2, 0.25) is 0 Å². The van der Waals surface area contributed by atoms with Gasteiger partial charge in [-0.2, -0.15) is 4.31 Å². The molecule has 1 fully saturated rings. The van der Waals surface area contributed by atoms with E-state index in [0.717, 1.165) is 11.3 Å². The maximum Gasteiger partial charge on any atom is 0.308 e. The van der Waals surface area contributed by atoms with E-state index >= 15 is 0 Å². The molecule has 0 atom stereocenters. The Hall–Kier alpha value is -0.960. The number of carbonyl (C=O) groups is 1. The van der Waals surface area contributed by atoms with Gasteiger partial charge in [-0.3, -0.25) is 4.79 Å². The second-order valence-corrected chi connectivity index (χ2v) is 7.49. The zero-order valence-electron chi connectivity index (χ0n) is 9.44. The van der Waals surface area contributed by atoms with E-state index in [4.69, 9.17) is 10.2 Å². The van der Waals surface area contributed by atoms with Crippen molar-refractivity contribution in [2.45, 2.75) is 10.6 Å². The van der Waals surface area contributed by atoms with Crippen LogP contribution >= 0.6 is 11.3 Å². The number of aliphatic hydroxyl groups is 1. The van der Waals surface area contributed by atoms with Crippen LogP contribution < -0.4 is 0 Å². The molecule has 2 rings (SSSR count). The fraction of sp³-hybridized carbons (Fsp3) is 0.500. The molecule has 0 bridgehead atoms. The van der Waals surface area contributed by atoms with E-state index in [9.17, 15) is 13.2 Å². The lowest BCUT2D eigenvalue weighted by Gasteiger charge is -2.36. The highest BCUT2D eigenvalue weighted by molar-refractivity contribution is 7.91. The van der Waals surface area contributed by atoms with Crippen LogP contribution in [0.5, 0.6) is 0 Å². The van der Waals surface area contributed by atoms with Gasteiger partial charge in [0.15, 0.2) is 0 Å². The molecule has 0 saturated carbocycles. The minimum Gasteiger partial charge on any atom is -0.481 e. The first kappa shape index (κ1) is 13.5. The van der Waals surface area contributed by atoms with Gasteiger partial charge in [0.1, 0.15) is 4.21 Å². The summed E-state index contributed by atoms with van der Waals surface area (Å²) >= 11 is 0.982. The van der Waals surface area contributed by atoms with Crippen molar-refractivity contribution < 1.29 is 23.4 Å². The molecular formula is C10H13NO5S2. The highest BCUT2D eigenvalue weighted by atomic mass is 32.2.